The van der Waals surface area contributed by atoms with Crippen LogP contribution in [-0.2, 0) is 7.05 Å². The molecule has 0 atom stereocenters. The fraction of sp³-hybridized carbons (Fsp3) is 0.333. The van der Waals surface area contributed by atoms with Gasteiger partial charge in [0, 0.05) is 38.9 Å². The third-order valence-corrected chi connectivity index (χ3v) is 4.82. The van der Waals surface area contributed by atoms with Crippen molar-refractivity contribution >= 4 is 22.5 Å². The summed E-state index contributed by atoms with van der Waals surface area (Å²) in [5.41, 5.74) is 2.15. The van der Waals surface area contributed by atoms with Crippen molar-refractivity contribution < 1.29 is 9.32 Å². The van der Waals surface area contributed by atoms with Crippen molar-refractivity contribution in [3.63, 3.8) is 0 Å². The third kappa shape index (κ3) is 2.73. The molecule has 0 N–H and O–H groups in total. The van der Waals surface area contributed by atoms with Crippen molar-refractivity contribution in [2.75, 3.05) is 31.1 Å². The Morgan fingerprint density at radius 3 is 2.65 bits per heavy atom. The Bertz CT molecular complexity index is 1030. The van der Waals surface area contributed by atoms with Crippen LogP contribution in [0.5, 0.6) is 0 Å². The van der Waals surface area contributed by atoms with Gasteiger partial charge in [0.1, 0.15) is 11.3 Å². The zero-order chi connectivity index (χ0) is 18.3. The van der Waals surface area contributed by atoms with Gasteiger partial charge in [0.2, 0.25) is 0 Å². The molecule has 0 spiro atoms. The minimum absolute atomic E-state index is 0.0490. The number of amides is 1. The fourth-order valence-corrected chi connectivity index (χ4v) is 3.24. The molecule has 8 nitrogen and oxygen atoms in total. The maximum Gasteiger partial charge on any atom is 0.260 e. The van der Waals surface area contributed by atoms with Crippen molar-refractivity contribution in [1.29, 1.82) is 0 Å². The maximum atomic E-state index is 12.5. The summed E-state index contributed by atoms with van der Waals surface area (Å²) in [4.78, 5) is 33.0. The highest BCUT2D eigenvalue weighted by Gasteiger charge is 2.25. The van der Waals surface area contributed by atoms with Crippen LogP contribution in [0.4, 0.5) is 5.69 Å². The number of piperazine rings is 1. The molecule has 1 aliphatic heterocycles. The molecule has 2 aromatic heterocycles. The first kappa shape index (κ1) is 16.3. The summed E-state index contributed by atoms with van der Waals surface area (Å²) < 4.78 is 6.46. The maximum absolute atomic E-state index is 12.5. The number of aromatic nitrogens is 3. The first-order valence-electron chi connectivity index (χ1n) is 8.45. The second-order valence-electron chi connectivity index (χ2n) is 6.44. The summed E-state index contributed by atoms with van der Waals surface area (Å²) >= 11 is 0. The van der Waals surface area contributed by atoms with Crippen LogP contribution in [0.3, 0.4) is 0 Å². The van der Waals surface area contributed by atoms with E-state index in [1.165, 1.54) is 17.1 Å². The number of carbonyl (C=O) groups is 1. The predicted octanol–water partition coefficient (Wildman–Crippen LogP) is 1.19. The first-order valence-corrected chi connectivity index (χ1v) is 8.45. The molecule has 0 saturated carbocycles. The van der Waals surface area contributed by atoms with E-state index in [-0.39, 0.29) is 11.5 Å². The van der Waals surface area contributed by atoms with Gasteiger partial charge in [0.25, 0.3) is 11.5 Å². The van der Waals surface area contributed by atoms with Gasteiger partial charge in [0.15, 0.2) is 0 Å². The Labute approximate surface area is 149 Å². The van der Waals surface area contributed by atoms with Gasteiger partial charge in [0.05, 0.1) is 23.4 Å². The van der Waals surface area contributed by atoms with Gasteiger partial charge >= 0.3 is 0 Å². The summed E-state index contributed by atoms with van der Waals surface area (Å²) in [6.45, 7) is 4.40. The van der Waals surface area contributed by atoms with E-state index in [4.69, 9.17) is 4.52 Å². The molecule has 1 aliphatic rings. The van der Waals surface area contributed by atoms with Crippen LogP contribution in [0, 0.1) is 6.92 Å². The number of anilines is 1. The van der Waals surface area contributed by atoms with Crippen LogP contribution >= 0.6 is 0 Å². The molecule has 0 unspecified atom stereocenters. The van der Waals surface area contributed by atoms with Gasteiger partial charge in [-0.1, -0.05) is 5.16 Å². The van der Waals surface area contributed by atoms with E-state index in [1.54, 1.807) is 14.0 Å². The average Bonchev–Trinajstić information content (AvgIpc) is 3.10. The van der Waals surface area contributed by atoms with E-state index >= 15 is 0 Å². The number of fused-ring (bicyclic) bond motifs is 1. The lowest BCUT2D eigenvalue weighted by atomic mass is 10.1. The largest absolute Gasteiger partial charge is 0.368 e. The summed E-state index contributed by atoms with van der Waals surface area (Å²) in [5.74, 6) is 0.492. The van der Waals surface area contributed by atoms with E-state index in [1.807, 2.05) is 23.1 Å². The molecule has 26 heavy (non-hydrogen) atoms. The number of nitrogens with zero attached hydrogens (tertiary/aromatic N) is 5. The molecule has 0 aliphatic carbocycles. The summed E-state index contributed by atoms with van der Waals surface area (Å²) in [5, 5.41) is 4.28. The van der Waals surface area contributed by atoms with E-state index < -0.39 is 0 Å². The molecule has 4 rings (SSSR count). The van der Waals surface area contributed by atoms with Gasteiger partial charge in [-0.15, -0.1) is 0 Å². The second-order valence-corrected chi connectivity index (χ2v) is 6.44. The second kappa shape index (κ2) is 6.29. The lowest BCUT2D eigenvalue weighted by molar-refractivity contribution is 0.0745. The Kier molecular flexibility index (Phi) is 3.95. The smallest absolute Gasteiger partial charge is 0.260 e. The van der Waals surface area contributed by atoms with Gasteiger partial charge in [-0.25, -0.2) is 4.98 Å². The van der Waals surface area contributed by atoms with Crippen LogP contribution in [0.1, 0.15) is 16.1 Å². The lowest BCUT2D eigenvalue weighted by Gasteiger charge is -2.36. The average molecular weight is 353 g/mol. The van der Waals surface area contributed by atoms with E-state index in [0.29, 0.717) is 48.4 Å². The van der Waals surface area contributed by atoms with Crippen LogP contribution < -0.4 is 10.5 Å². The number of hydrogen-bond donors (Lipinski definition) is 0. The zero-order valence-electron chi connectivity index (χ0n) is 14.7. The number of rotatable bonds is 2. The highest BCUT2D eigenvalue weighted by molar-refractivity contribution is 5.95. The highest BCUT2D eigenvalue weighted by atomic mass is 16.5. The van der Waals surface area contributed by atoms with Crippen molar-refractivity contribution in [3.8, 4) is 0 Å². The molecule has 0 radical (unpaired) electrons. The molecule has 3 aromatic rings. The van der Waals surface area contributed by atoms with Crippen molar-refractivity contribution in [2.45, 2.75) is 6.92 Å². The Morgan fingerprint density at radius 2 is 1.96 bits per heavy atom. The van der Waals surface area contributed by atoms with Gasteiger partial charge in [-0.3, -0.25) is 9.59 Å². The Morgan fingerprint density at radius 1 is 1.19 bits per heavy atom. The van der Waals surface area contributed by atoms with Crippen LogP contribution in [0.25, 0.3) is 10.9 Å². The standard InChI is InChI=1S/C18H19N5O3/c1-12-15(10-20-26-12)18(25)23-7-5-22(6-8-23)13-3-4-14-16(9-13)19-11-21(2)17(14)24/h3-4,9-11H,5-8H2,1-2H3. The molecular weight excluding hydrogens is 334 g/mol. The first-order chi connectivity index (χ1) is 12.5. The van der Waals surface area contributed by atoms with Crippen LogP contribution in [0.2, 0.25) is 0 Å². The SMILES string of the molecule is Cc1oncc1C(=O)N1CCN(c2ccc3c(=O)n(C)cnc3c2)CC1. The lowest BCUT2D eigenvalue weighted by Crippen LogP contribution is -2.48. The van der Waals surface area contributed by atoms with E-state index in [9.17, 15) is 9.59 Å². The quantitative estimate of drug-likeness (QED) is 0.688. The van der Waals surface area contributed by atoms with Crippen LogP contribution in [0.15, 0.2) is 40.0 Å². The number of hydrogen-bond acceptors (Lipinski definition) is 6. The van der Waals surface area contributed by atoms with E-state index in [0.717, 1.165) is 5.69 Å². The number of aryl methyl sites for hydroxylation is 2. The molecule has 1 saturated heterocycles. The van der Waals surface area contributed by atoms with Crippen LogP contribution in [-0.4, -0.2) is 51.7 Å². The summed E-state index contributed by atoms with van der Waals surface area (Å²) in [6.07, 6.45) is 3.01. The predicted molar refractivity (Wildman–Crippen MR) is 96.3 cm³/mol. The van der Waals surface area contributed by atoms with Crippen molar-refractivity contribution in [2.24, 2.45) is 7.05 Å². The minimum atomic E-state index is -0.0546. The number of benzene rings is 1. The summed E-state index contributed by atoms with van der Waals surface area (Å²) in [7, 11) is 1.69. The van der Waals surface area contributed by atoms with Crippen molar-refractivity contribution in [1.82, 2.24) is 19.6 Å². The van der Waals surface area contributed by atoms with Crippen molar-refractivity contribution in [3.05, 3.63) is 52.4 Å². The molecule has 1 amide bonds. The van der Waals surface area contributed by atoms with Gasteiger partial charge in [-0.2, -0.15) is 0 Å². The topological polar surface area (TPSA) is 84.5 Å². The Balaban J connectivity index is 1.50. The normalized spacial score (nSPS) is 14.8. The fourth-order valence-electron chi connectivity index (χ4n) is 3.24. The third-order valence-electron chi connectivity index (χ3n) is 4.82. The Hall–Kier alpha value is -3.16. The molecular formula is C18H19N5O3. The number of carbonyl (C=O) groups excluding carboxylic acids is 1. The highest BCUT2D eigenvalue weighted by Crippen LogP contribution is 2.21. The molecule has 134 valence electrons. The van der Waals surface area contributed by atoms with E-state index in [2.05, 4.69) is 15.0 Å². The molecule has 3 heterocycles. The molecule has 1 fully saturated rings. The summed E-state index contributed by atoms with van der Waals surface area (Å²) in [6, 6.07) is 5.68. The monoisotopic (exact) mass is 353 g/mol. The van der Waals surface area contributed by atoms with Gasteiger partial charge < -0.3 is 18.9 Å². The van der Waals surface area contributed by atoms with Gasteiger partial charge in [-0.05, 0) is 25.1 Å². The molecule has 1 aromatic carbocycles. The molecule has 0 bridgehead atoms. The molecule has 8 heteroatoms. The minimum Gasteiger partial charge on any atom is -0.368 e. The zero-order valence-corrected chi connectivity index (χ0v) is 14.7.